The van der Waals surface area contributed by atoms with E-state index in [0.29, 0.717) is 6.42 Å². The summed E-state index contributed by atoms with van der Waals surface area (Å²) in [7, 11) is 0. The van der Waals surface area contributed by atoms with Crippen LogP contribution in [0.4, 0.5) is 5.69 Å². The van der Waals surface area contributed by atoms with Gasteiger partial charge >= 0.3 is 0 Å². The molecule has 0 radical (unpaired) electrons. The predicted octanol–water partition coefficient (Wildman–Crippen LogP) is 1.64. The average molecular weight is 179 g/mol. The summed E-state index contributed by atoms with van der Waals surface area (Å²) >= 11 is 0. The molecule has 0 saturated heterocycles. The third kappa shape index (κ3) is 2.11. The number of hydrogen-bond acceptors (Lipinski definition) is 3. The van der Waals surface area contributed by atoms with Crippen molar-refractivity contribution in [3.63, 3.8) is 0 Å². The molecule has 0 aliphatic rings. The summed E-state index contributed by atoms with van der Waals surface area (Å²) in [6.07, 6.45) is 1.10. The van der Waals surface area contributed by atoms with Crippen LogP contribution >= 0.6 is 0 Å². The second-order valence-electron chi connectivity index (χ2n) is 2.74. The van der Waals surface area contributed by atoms with Gasteiger partial charge in [0.15, 0.2) is 0 Å². The smallest absolute Gasteiger partial charge is 0.269 e. The monoisotopic (exact) mass is 179 g/mol. The zero-order chi connectivity index (χ0) is 9.84. The highest BCUT2D eigenvalue weighted by Gasteiger charge is 2.06. The van der Waals surface area contributed by atoms with E-state index in [-0.39, 0.29) is 5.69 Å². The molecule has 1 rings (SSSR count). The molecule has 0 aliphatic carbocycles. The van der Waals surface area contributed by atoms with Gasteiger partial charge in [0.2, 0.25) is 0 Å². The molecule has 0 heterocycles. The summed E-state index contributed by atoms with van der Waals surface area (Å²) in [6.45, 7) is 1.76. The molecular formula is C9H9NO3. The van der Waals surface area contributed by atoms with Gasteiger partial charge in [0.1, 0.15) is 6.29 Å². The van der Waals surface area contributed by atoms with Crippen molar-refractivity contribution in [2.75, 3.05) is 0 Å². The first-order valence-corrected chi connectivity index (χ1v) is 3.82. The Balaban J connectivity index is 3.04. The first-order valence-electron chi connectivity index (χ1n) is 3.82. The molecule has 1 aromatic carbocycles. The van der Waals surface area contributed by atoms with Crippen LogP contribution < -0.4 is 0 Å². The largest absolute Gasteiger partial charge is 0.303 e. The molecule has 13 heavy (non-hydrogen) atoms. The highest BCUT2D eigenvalue weighted by atomic mass is 16.6. The van der Waals surface area contributed by atoms with E-state index in [0.717, 1.165) is 17.4 Å². The van der Waals surface area contributed by atoms with Crippen molar-refractivity contribution >= 4 is 12.0 Å². The van der Waals surface area contributed by atoms with Crippen molar-refractivity contribution in [1.82, 2.24) is 0 Å². The number of carbonyl (C=O) groups excluding carboxylic acids is 1. The minimum Gasteiger partial charge on any atom is -0.303 e. The van der Waals surface area contributed by atoms with Crippen LogP contribution in [0.15, 0.2) is 18.2 Å². The molecule has 0 atom stereocenters. The summed E-state index contributed by atoms with van der Waals surface area (Å²) in [5, 5.41) is 10.4. The molecule has 0 aromatic heterocycles. The number of hydrogen-bond donors (Lipinski definition) is 0. The van der Waals surface area contributed by atoms with Crippen LogP contribution in [-0.2, 0) is 11.2 Å². The molecule has 0 spiro atoms. The summed E-state index contributed by atoms with van der Waals surface area (Å²) in [6, 6.07) is 4.49. The van der Waals surface area contributed by atoms with E-state index in [9.17, 15) is 14.9 Å². The van der Waals surface area contributed by atoms with Crippen LogP contribution in [0.5, 0.6) is 0 Å². The molecule has 0 unspecified atom stereocenters. The highest BCUT2D eigenvalue weighted by Crippen LogP contribution is 2.16. The highest BCUT2D eigenvalue weighted by molar-refractivity contribution is 5.57. The molecule has 0 N–H and O–H groups in total. The molecule has 0 aliphatic heterocycles. The van der Waals surface area contributed by atoms with Gasteiger partial charge in [0.05, 0.1) is 4.92 Å². The van der Waals surface area contributed by atoms with E-state index < -0.39 is 4.92 Å². The van der Waals surface area contributed by atoms with Gasteiger partial charge in [-0.05, 0) is 18.1 Å². The molecule has 68 valence electrons. The Bertz CT molecular complexity index is 347. The first kappa shape index (κ1) is 9.38. The quantitative estimate of drug-likeness (QED) is 0.402. The van der Waals surface area contributed by atoms with Gasteiger partial charge in [-0.2, -0.15) is 0 Å². The number of aldehydes is 1. The van der Waals surface area contributed by atoms with Crippen LogP contribution in [-0.4, -0.2) is 11.2 Å². The van der Waals surface area contributed by atoms with E-state index in [1.165, 1.54) is 12.1 Å². The van der Waals surface area contributed by atoms with Crippen LogP contribution in [0, 0.1) is 17.0 Å². The second kappa shape index (κ2) is 3.80. The summed E-state index contributed by atoms with van der Waals surface area (Å²) < 4.78 is 0. The van der Waals surface area contributed by atoms with Gasteiger partial charge < -0.3 is 4.79 Å². The van der Waals surface area contributed by atoms with E-state index in [2.05, 4.69) is 0 Å². The fourth-order valence-electron chi connectivity index (χ4n) is 1.11. The van der Waals surface area contributed by atoms with Crippen LogP contribution in [0.1, 0.15) is 11.1 Å². The number of carbonyl (C=O) groups is 1. The fraction of sp³-hybridized carbons (Fsp3) is 0.222. The van der Waals surface area contributed by atoms with E-state index >= 15 is 0 Å². The maximum atomic E-state index is 10.4. The van der Waals surface area contributed by atoms with Crippen molar-refractivity contribution in [1.29, 1.82) is 0 Å². The molecule has 0 saturated carbocycles. The number of nitrogens with zero attached hydrogens (tertiary/aromatic N) is 1. The fourth-order valence-corrected chi connectivity index (χ4v) is 1.11. The number of aryl methyl sites for hydroxylation is 1. The Morgan fingerprint density at radius 3 is 2.69 bits per heavy atom. The zero-order valence-corrected chi connectivity index (χ0v) is 7.19. The van der Waals surface area contributed by atoms with Gasteiger partial charge in [-0.1, -0.05) is 6.07 Å². The molecule has 0 bridgehead atoms. The Hall–Kier alpha value is -1.71. The molecule has 0 fully saturated rings. The van der Waals surface area contributed by atoms with Gasteiger partial charge in [0.25, 0.3) is 5.69 Å². The maximum absolute atomic E-state index is 10.4. The number of nitro groups is 1. The molecule has 1 aromatic rings. The third-order valence-corrected chi connectivity index (χ3v) is 1.84. The van der Waals surface area contributed by atoms with Crippen molar-refractivity contribution < 1.29 is 9.72 Å². The maximum Gasteiger partial charge on any atom is 0.269 e. The van der Waals surface area contributed by atoms with E-state index in [1.54, 1.807) is 13.0 Å². The number of nitro benzene ring substituents is 1. The lowest BCUT2D eigenvalue weighted by Gasteiger charge is -2.00. The van der Waals surface area contributed by atoms with Crippen LogP contribution in [0.2, 0.25) is 0 Å². The van der Waals surface area contributed by atoms with Crippen molar-refractivity contribution in [3.05, 3.63) is 39.4 Å². The normalized spacial score (nSPS) is 9.62. The van der Waals surface area contributed by atoms with Gasteiger partial charge in [0, 0.05) is 18.6 Å². The topological polar surface area (TPSA) is 60.2 Å². The van der Waals surface area contributed by atoms with Gasteiger partial charge in [-0.25, -0.2) is 0 Å². The summed E-state index contributed by atoms with van der Waals surface area (Å²) in [4.78, 5) is 20.1. The standard InChI is InChI=1S/C9H9NO3/c1-7-6-9(10(12)13)3-2-8(7)4-5-11/h2-3,5-6H,4H2,1H3. The summed E-state index contributed by atoms with van der Waals surface area (Å²) in [5.74, 6) is 0. The lowest BCUT2D eigenvalue weighted by molar-refractivity contribution is -0.384. The molecule has 4 nitrogen and oxygen atoms in total. The third-order valence-electron chi connectivity index (χ3n) is 1.84. The zero-order valence-electron chi connectivity index (χ0n) is 7.19. The second-order valence-corrected chi connectivity index (χ2v) is 2.74. The van der Waals surface area contributed by atoms with Gasteiger partial charge in [-0.15, -0.1) is 0 Å². The Kier molecular flexibility index (Phi) is 2.74. The van der Waals surface area contributed by atoms with Gasteiger partial charge in [-0.3, -0.25) is 10.1 Å². The van der Waals surface area contributed by atoms with E-state index in [1.807, 2.05) is 0 Å². The van der Waals surface area contributed by atoms with Crippen LogP contribution in [0.3, 0.4) is 0 Å². The molecule has 4 heteroatoms. The molecular weight excluding hydrogens is 170 g/mol. The average Bonchev–Trinajstić information content (AvgIpc) is 2.08. The van der Waals surface area contributed by atoms with Crippen molar-refractivity contribution in [2.24, 2.45) is 0 Å². The Morgan fingerprint density at radius 2 is 2.23 bits per heavy atom. The predicted molar refractivity (Wildman–Crippen MR) is 47.6 cm³/mol. The SMILES string of the molecule is Cc1cc([N+](=O)[O-])ccc1CC=O. The minimum absolute atomic E-state index is 0.0622. The number of benzene rings is 1. The van der Waals surface area contributed by atoms with Crippen molar-refractivity contribution in [3.8, 4) is 0 Å². The summed E-state index contributed by atoms with van der Waals surface area (Å²) in [5.41, 5.74) is 1.68. The lowest BCUT2D eigenvalue weighted by atomic mass is 10.1. The van der Waals surface area contributed by atoms with Crippen LogP contribution in [0.25, 0.3) is 0 Å². The minimum atomic E-state index is -0.447. The number of non-ortho nitro benzene ring substituents is 1. The molecule has 0 amide bonds. The van der Waals surface area contributed by atoms with Crippen molar-refractivity contribution in [2.45, 2.75) is 13.3 Å². The number of rotatable bonds is 3. The Morgan fingerprint density at radius 1 is 1.54 bits per heavy atom. The Labute approximate surface area is 75.3 Å². The van der Waals surface area contributed by atoms with E-state index in [4.69, 9.17) is 0 Å². The lowest BCUT2D eigenvalue weighted by Crippen LogP contribution is -1.93. The first-order chi connectivity index (χ1) is 6.15.